The van der Waals surface area contributed by atoms with Crippen molar-refractivity contribution in [2.24, 2.45) is 4.99 Å². The maximum absolute atomic E-state index is 11.1. The van der Waals surface area contributed by atoms with Gasteiger partial charge in [-0.25, -0.2) is 13.4 Å². The second kappa shape index (κ2) is 7.89. The molecule has 0 saturated carbocycles. The number of hydrogen-bond acceptors (Lipinski definition) is 3. The predicted molar refractivity (Wildman–Crippen MR) is 83.7 cm³/mol. The van der Waals surface area contributed by atoms with E-state index in [1.807, 2.05) is 26.0 Å². The fraction of sp³-hybridized carbons (Fsp3) is 0.500. The Morgan fingerprint density at radius 3 is 2.40 bits per heavy atom. The molecule has 2 N–H and O–H groups in total. The number of rotatable bonds is 6. The first-order valence-corrected chi connectivity index (χ1v) is 8.72. The van der Waals surface area contributed by atoms with Gasteiger partial charge in [0.15, 0.2) is 5.96 Å². The second-order valence-corrected chi connectivity index (χ2v) is 7.00. The number of guanidine groups is 1. The summed E-state index contributed by atoms with van der Waals surface area (Å²) in [7, 11) is -2.95. The quantitative estimate of drug-likeness (QED) is 0.609. The van der Waals surface area contributed by atoms with Crippen LogP contribution in [0.25, 0.3) is 0 Å². The Morgan fingerprint density at radius 1 is 1.20 bits per heavy atom. The smallest absolute Gasteiger partial charge is 0.191 e. The molecule has 0 radical (unpaired) electrons. The van der Waals surface area contributed by atoms with E-state index in [0.29, 0.717) is 19.0 Å². The number of sulfone groups is 1. The molecule has 0 fully saturated rings. The van der Waals surface area contributed by atoms with E-state index in [-0.39, 0.29) is 5.75 Å². The standard InChI is InChI=1S/C14H23N3O2S/c1-4-15-14(16-9-10-20(3,18)19)17-11-13-7-5-12(2)6-8-13/h5-8H,4,9-11H2,1-3H3,(H2,15,16,17). The van der Waals surface area contributed by atoms with E-state index >= 15 is 0 Å². The minimum atomic E-state index is -2.95. The molecule has 0 aliphatic carbocycles. The van der Waals surface area contributed by atoms with Gasteiger partial charge in [-0.05, 0) is 19.4 Å². The third-order valence-electron chi connectivity index (χ3n) is 2.65. The minimum Gasteiger partial charge on any atom is -0.357 e. The van der Waals surface area contributed by atoms with Crippen molar-refractivity contribution in [1.29, 1.82) is 0 Å². The lowest BCUT2D eigenvalue weighted by Gasteiger charge is -2.10. The third-order valence-corrected chi connectivity index (χ3v) is 3.60. The van der Waals surface area contributed by atoms with Crippen molar-refractivity contribution in [3.05, 3.63) is 35.4 Å². The van der Waals surface area contributed by atoms with Gasteiger partial charge in [-0.1, -0.05) is 29.8 Å². The average molecular weight is 297 g/mol. The maximum Gasteiger partial charge on any atom is 0.191 e. The third kappa shape index (κ3) is 7.13. The van der Waals surface area contributed by atoms with Crippen LogP contribution in [0.4, 0.5) is 0 Å². The number of aliphatic imine (C=N–C) groups is 1. The van der Waals surface area contributed by atoms with Crippen molar-refractivity contribution in [3.63, 3.8) is 0 Å². The summed E-state index contributed by atoms with van der Waals surface area (Å²) < 4.78 is 22.2. The lowest BCUT2D eigenvalue weighted by molar-refractivity contribution is 0.600. The zero-order valence-electron chi connectivity index (χ0n) is 12.3. The van der Waals surface area contributed by atoms with Gasteiger partial charge in [0.25, 0.3) is 0 Å². The molecule has 0 aliphatic heterocycles. The van der Waals surface area contributed by atoms with E-state index in [9.17, 15) is 8.42 Å². The van der Waals surface area contributed by atoms with E-state index in [2.05, 4.69) is 27.8 Å². The first-order chi connectivity index (χ1) is 9.40. The van der Waals surface area contributed by atoms with E-state index < -0.39 is 9.84 Å². The molecule has 1 aromatic carbocycles. The summed E-state index contributed by atoms with van der Waals surface area (Å²) in [5, 5.41) is 6.11. The van der Waals surface area contributed by atoms with Gasteiger partial charge >= 0.3 is 0 Å². The van der Waals surface area contributed by atoms with Gasteiger partial charge in [-0.3, -0.25) is 0 Å². The number of aryl methyl sites for hydroxylation is 1. The van der Waals surface area contributed by atoms with Crippen LogP contribution < -0.4 is 10.6 Å². The molecule has 112 valence electrons. The van der Waals surface area contributed by atoms with Crippen LogP contribution in [0.3, 0.4) is 0 Å². The van der Waals surface area contributed by atoms with Crippen LogP contribution in [0.1, 0.15) is 18.1 Å². The molecule has 0 aliphatic rings. The van der Waals surface area contributed by atoms with Crippen molar-refractivity contribution < 1.29 is 8.42 Å². The lowest BCUT2D eigenvalue weighted by atomic mass is 10.1. The van der Waals surface area contributed by atoms with Crippen molar-refractivity contribution in [2.45, 2.75) is 20.4 Å². The van der Waals surface area contributed by atoms with Gasteiger partial charge in [-0.15, -0.1) is 0 Å². The van der Waals surface area contributed by atoms with E-state index in [1.165, 1.54) is 11.8 Å². The first kappa shape index (κ1) is 16.5. The predicted octanol–water partition coefficient (Wildman–Crippen LogP) is 1.09. The molecule has 6 heteroatoms. The Kier molecular flexibility index (Phi) is 6.51. The van der Waals surface area contributed by atoms with E-state index in [0.717, 1.165) is 12.1 Å². The molecular weight excluding hydrogens is 274 g/mol. The van der Waals surface area contributed by atoms with Gasteiger partial charge in [0.05, 0.1) is 12.3 Å². The number of hydrogen-bond donors (Lipinski definition) is 2. The topological polar surface area (TPSA) is 70.6 Å². The molecular formula is C14H23N3O2S. The Bertz CT molecular complexity index is 536. The number of nitrogens with zero attached hydrogens (tertiary/aromatic N) is 1. The van der Waals surface area contributed by atoms with Gasteiger partial charge < -0.3 is 10.6 Å². The van der Waals surface area contributed by atoms with E-state index in [1.54, 1.807) is 0 Å². The van der Waals surface area contributed by atoms with Crippen LogP contribution in [0.5, 0.6) is 0 Å². The fourth-order valence-electron chi connectivity index (χ4n) is 1.56. The Hall–Kier alpha value is -1.56. The highest BCUT2D eigenvalue weighted by Gasteiger charge is 2.03. The van der Waals surface area contributed by atoms with Crippen LogP contribution in [0.2, 0.25) is 0 Å². The summed E-state index contributed by atoms with van der Waals surface area (Å²) in [5.41, 5.74) is 2.34. The minimum absolute atomic E-state index is 0.0992. The Balaban J connectivity index is 2.55. The van der Waals surface area contributed by atoms with Crippen LogP contribution in [0.15, 0.2) is 29.3 Å². The van der Waals surface area contributed by atoms with Gasteiger partial charge in [-0.2, -0.15) is 0 Å². The lowest BCUT2D eigenvalue weighted by Crippen LogP contribution is -2.39. The summed E-state index contributed by atoms with van der Waals surface area (Å²) in [6.07, 6.45) is 1.23. The van der Waals surface area contributed by atoms with E-state index in [4.69, 9.17) is 0 Å². The summed E-state index contributed by atoms with van der Waals surface area (Å²) in [4.78, 5) is 4.43. The van der Waals surface area contributed by atoms with Crippen molar-refractivity contribution in [1.82, 2.24) is 10.6 Å². The average Bonchev–Trinajstić information content (AvgIpc) is 2.36. The SMILES string of the molecule is CCNC(=NCc1ccc(C)cc1)NCCS(C)(=O)=O. The fourth-order valence-corrected chi connectivity index (χ4v) is 2.03. The van der Waals surface area contributed by atoms with Gasteiger partial charge in [0.1, 0.15) is 9.84 Å². The first-order valence-electron chi connectivity index (χ1n) is 6.66. The zero-order chi connectivity index (χ0) is 15.0. The van der Waals surface area contributed by atoms with Gasteiger partial charge in [0.2, 0.25) is 0 Å². The largest absolute Gasteiger partial charge is 0.357 e. The molecule has 0 spiro atoms. The normalized spacial score (nSPS) is 12.2. The highest BCUT2D eigenvalue weighted by Crippen LogP contribution is 2.04. The number of nitrogens with one attached hydrogen (secondary N) is 2. The van der Waals surface area contributed by atoms with Crippen LogP contribution in [-0.4, -0.2) is 39.5 Å². The summed E-state index contributed by atoms with van der Waals surface area (Å²) >= 11 is 0. The molecule has 0 saturated heterocycles. The van der Waals surface area contributed by atoms with Crippen molar-refractivity contribution in [2.75, 3.05) is 25.1 Å². The van der Waals surface area contributed by atoms with Gasteiger partial charge in [0, 0.05) is 19.3 Å². The van der Waals surface area contributed by atoms with Crippen LogP contribution in [0, 0.1) is 6.92 Å². The molecule has 0 unspecified atom stereocenters. The molecule has 0 amide bonds. The zero-order valence-corrected chi connectivity index (χ0v) is 13.1. The molecule has 0 heterocycles. The number of benzene rings is 1. The molecule has 5 nitrogen and oxygen atoms in total. The molecule has 1 aromatic rings. The molecule has 20 heavy (non-hydrogen) atoms. The summed E-state index contributed by atoms with van der Waals surface area (Å²) in [6, 6.07) is 8.18. The molecule has 0 aromatic heterocycles. The second-order valence-electron chi connectivity index (χ2n) is 4.74. The molecule has 0 atom stereocenters. The molecule has 0 bridgehead atoms. The highest BCUT2D eigenvalue weighted by atomic mass is 32.2. The van der Waals surface area contributed by atoms with Crippen molar-refractivity contribution >= 4 is 15.8 Å². The molecule has 1 rings (SSSR count). The summed E-state index contributed by atoms with van der Waals surface area (Å²) in [6.45, 7) is 5.68. The monoisotopic (exact) mass is 297 g/mol. The van der Waals surface area contributed by atoms with Crippen LogP contribution >= 0.6 is 0 Å². The maximum atomic E-state index is 11.1. The van der Waals surface area contributed by atoms with Crippen molar-refractivity contribution in [3.8, 4) is 0 Å². The highest BCUT2D eigenvalue weighted by molar-refractivity contribution is 7.90. The Labute approximate surface area is 121 Å². The van der Waals surface area contributed by atoms with Crippen LogP contribution in [-0.2, 0) is 16.4 Å². The Morgan fingerprint density at radius 2 is 1.85 bits per heavy atom. The summed E-state index contributed by atoms with van der Waals surface area (Å²) in [5.74, 6) is 0.735.